The van der Waals surface area contributed by atoms with Crippen LogP contribution in [-0.2, 0) is 0 Å². The van der Waals surface area contributed by atoms with Gasteiger partial charge in [0.25, 0.3) is 0 Å². The first-order valence-corrected chi connectivity index (χ1v) is 4.18. The lowest BCUT2D eigenvalue weighted by atomic mass is 10.4. The van der Waals surface area contributed by atoms with Crippen molar-refractivity contribution in [3.63, 3.8) is 0 Å². The Morgan fingerprint density at radius 2 is 1.85 bits per heavy atom. The molecule has 13 heavy (non-hydrogen) atoms. The van der Waals surface area contributed by atoms with Gasteiger partial charge >= 0.3 is 0 Å². The van der Waals surface area contributed by atoms with Crippen molar-refractivity contribution < 1.29 is 0 Å². The van der Waals surface area contributed by atoms with E-state index in [2.05, 4.69) is 16.4 Å². The van der Waals surface area contributed by atoms with E-state index in [1.807, 2.05) is 5.32 Å². The average molecular weight is 184 g/mol. The zero-order valence-corrected chi connectivity index (χ0v) is 7.56. The molecule has 1 aliphatic rings. The molecule has 6 nitrogen and oxygen atoms in total. The van der Waals surface area contributed by atoms with Crippen molar-refractivity contribution in [2.75, 3.05) is 26.2 Å². The summed E-state index contributed by atoms with van der Waals surface area (Å²) in [6.45, 7) is 4.65. The predicted octanol–water partition coefficient (Wildman–Crippen LogP) is -1.48. The maximum Gasteiger partial charge on any atom is 0.199 e. The number of nitriles is 1. The van der Waals surface area contributed by atoms with Crippen molar-refractivity contribution in [2.24, 2.45) is 5.73 Å². The highest BCUT2D eigenvalue weighted by Gasteiger charge is 1.92. The Morgan fingerprint density at radius 3 is 2.15 bits per heavy atom. The molecule has 1 aliphatic heterocycles. The minimum atomic E-state index is -0.322. The standard InChI is InChI=1S/C5H12N2.C2H4N4/c1-2-6-4-5-7-3-1;3-1-6-2(4)5/h6-7H,1-5H2;(H4,4,5,6). The second-order valence-corrected chi connectivity index (χ2v) is 2.50. The highest BCUT2D eigenvalue weighted by Crippen LogP contribution is 1.75. The first-order chi connectivity index (χ1) is 6.27. The number of hydrogen-bond donors (Lipinski definition) is 5. The van der Waals surface area contributed by atoms with Gasteiger partial charge in [0.05, 0.1) is 0 Å². The number of nitrogens with zero attached hydrogens (tertiary/aromatic N) is 1. The maximum absolute atomic E-state index is 7.65. The van der Waals surface area contributed by atoms with Crippen molar-refractivity contribution in [3.8, 4) is 6.19 Å². The van der Waals surface area contributed by atoms with Gasteiger partial charge in [0.15, 0.2) is 12.2 Å². The van der Waals surface area contributed by atoms with E-state index in [0.717, 1.165) is 13.1 Å². The average Bonchev–Trinajstić information content (AvgIpc) is 2.35. The number of hydrogen-bond acceptors (Lipinski definition) is 4. The molecule has 0 aliphatic carbocycles. The second-order valence-electron chi connectivity index (χ2n) is 2.50. The lowest BCUT2D eigenvalue weighted by molar-refractivity contribution is 0.718. The number of nitrogens with two attached hydrogens (primary N) is 1. The molecule has 0 amide bonds. The van der Waals surface area contributed by atoms with Crippen LogP contribution in [0.2, 0.25) is 0 Å². The fourth-order valence-corrected chi connectivity index (χ4v) is 0.825. The van der Waals surface area contributed by atoms with Crippen molar-refractivity contribution in [3.05, 3.63) is 0 Å². The van der Waals surface area contributed by atoms with Gasteiger partial charge in [0, 0.05) is 13.1 Å². The van der Waals surface area contributed by atoms with Gasteiger partial charge in [-0.05, 0) is 19.5 Å². The van der Waals surface area contributed by atoms with E-state index in [-0.39, 0.29) is 5.96 Å². The van der Waals surface area contributed by atoms with E-state index in [1.165, 1.54) is 25.7 Å². The third-order valence-corrected chi connectivity index (χ3v) is 1.38. The lowest BCUT2D eigenvalue weighted by Crippen LogP contribution is -2.25. The van der Waals surface area contributed by atoms with Gasteiger partial charge in [0.1, 0.15) is 0 Å². The van der Waals surface area contributed by atoms with Gasteiger partial charge < -0.3 is 16.4 Å². The summed E-state index contributed by atoms with van der Waals surface area (Å²) >= 11 is 0. The van der Waals surface area contributed by atoms with Gasteiger partial charge in [0.2, 0.25) is 0 Å². The molecule has 0 aromatic rings. The minimum Gasteiger partial charge on any atom is -0.369 e. The molecule has 0 radical (unpaired) electrons. The normalized spacial score (nSPS) is 15.6. The van der Waals surface area contributed by atoms with Crippen LogP contribution in [0.15, 0.2) is 0 Å². The van der Waals surface area contributed by atoms with Crippen molar-refractivity contribution in [1.29, 1.82) is 10.7 Å². The highest BCUT2D eigenvalue weighted by molar-refractivity contribution is 5.75. The molecular weight excluding hydrogens is 168 g/mol. The minimum absolute atomic E-state index is 0.322. The molecule has 1 heterocycles. The van der Waals surface area contributed by atoms with E-state index in [0.29, 0.717) is 0 Å². The van der Waals surface area contributed by atoms with Crippen LogP contribution >= 0.6 is 0 Å². The van der Waals surface area contributed by atoms with Crippen molar-refractivity contribution in [1.82, 2.24) is 16.0 Å². The van der Waals surface area contributed by atoms with E-state index in [4.69, 9.17) is 10.7 Å². The van der Waals surface area contributed by atoms with Gasteiger partial charge in [-0.25, -0.2) is 0 Å². The maximum atomic E-state index is 7.65. The summed E-state index contributed by atoms with van der Waals surface area (Å²) in [6.07, 6.45) is 2.75. The van der Waals surface area contributed by atoms with Crippen molar-refractivity contribution in [2.45, 2.75) is 6.42 Å². The molecule has 0 saturated carbocycles. The molecule has 6 heteroatoms. The summed E-state index contributed by atoms with van der Waals surface area (Å²) in [7, 11) is 0. The summed E-state index contributed by atoms with van der Waals surface area (Å²) in [5, 5.41) is 22.4. The predicted molar refractivity (Wildman–Crippen MR) is 51.0 cm³/mol. The zero-order valence-electron chi connectivity index (χ0n) is 7.56. The first-order valence-electron chi connectivity index (χ1n) is 4.18. The zero-order chi connectivity index (χ0) is 9.94. The van der Waals surface area contributed by atoms with Crippen LogP contribution in [0.4, 0.5) is 0 Å². The Hall–Kier alpha value is -1.32. The molecule has 1 saturated heterocycles. The Labute approximate surface area is 78.0 Å². The molecule has 0 spiro atoms. The Morgan fingerprint density at radius 1 is 1.31 bits per heavy atom. The molecule has 0 atom stereocenters. The van der Waals surface area contributed by atoms with Crippen LogP contribution < -0.4 is 21.7 Å². The number of guanidine groups is 1. The third-order valence-electron chi connectivity index (χ3n) is 1.38. The SMILES string of the molecule is C1CNCCNC1.N#CNC(=N)N. The molecule has 0 bridgehead atoms. The summed E-state index contributed by atoms with van der Waals surface area (Å²) in [4.78, 5) is 0. The van der Waals surface area contributed by atoms with Crippen LogP contribution in [0.5, 0.6) is 0 Å². The fraction of sp³-hybridized carbons (Fsp3) is 0.714. The van der Waals surface area contributed by atoms with Gasteiger partial charge in [-0.15, -0.1) is 0 Å². The van der Waals surface area contributed by atoms with E-state index < -0.39 is 0 Å². The number of nitrogens with one attached hydrogen (secondary N) is 4. The Kier molecular flexibility index (Phi) is 7.88. The van der Waals surface area contributed by atoms with E-state index in [9.17, 15) is 0 Å². The first kappa shape index (κ1) is 11.7. The van der Waals surface area contributed by atoms with Gasteiger partial charge in [-0.3, -0.25) is 10.7 Å². The second kappa shape index (κ2) is 8.77. The molecule has 1 rings (SSSR count). The molecule has 1 fully saturated rings. The summed E-state index contributed by atoms with van der Waals surface area (Å²) in [5.41, 5.74) is 4.65. The van der Waals surface area contributed by atoms with E-state index in [1.54, 1.807) is 0 Å². The summed E-state index contributed by atoms with van der Waals surface area (Å²) in [6, 6.07) is 0. The highest BCUT2D eigenvalue weighted by atomic mass is 15.0. The molecule has 0 aromatic heterocycles. The van der Waals surface area contributed by atoms with Gasteiger partial charge in [-0.1, -0.05) is 0 Å². The van der Waals surface area contributed by atoms with Crippen LogP contribution in [0.3, 0.4) is 0 Å². The number of rotatable bonds is 0. The van der Waals surface area contributed by atoms with Crippen molar-refractivity contribution >= 4 is 5.96 Å². The summed E-state index contributed by atoms with van der Waals surface area (Å²) < 4.78 is 0. The summed E-state index contributed by atoms with van der Waals surface area (Å²) in [5.74, 6) is -0.322. The third kappa shape index (κ3) is 10.7. The molecule has 6 N–H and O–H groups in total. The fourth-order valence-electron chi connectivity index (χ4n) is 0.825. The van der Waals surface area contributed by atoms with Crippen LogP contribution in [0, 0.1) is 16.9 Å². The largest absolute Gasteiger partial charge is 0.369 e. The Bertz CT molecular complexity index is 153. The molecule has 0 unspecified atom stereocenters. The quantitative estimate of drug-likeness (QED) is 0.136. The topological polar surface area (TPSA) is 110 Å². The van der Waals surface area contributed by atoms with Crippen LogP contribution in [0.1, 0.15) is 6.42 Å². The molecular formula is C7H16N6. The smallest absolute Gasteiger partial charge is 0.199 e. The van der Waals surface area contributed by atoms with E-state index >= 15 is 0 Å². The molecule has 0 aromatic carbocycles. The van der Waals surface area contributed by atoms with Crippen LogP contribution in [-0.4, -0.2) is 32.1 Å². The van der Waals surface area contributed by atoms with Gasteiger partial charge in [-0.2, -0.15) is 5.26 Å². The monoisotopic (exact) mass is 184 g/mol. The van der Waals surface area contributed by atoms with Crippen LogP contribution in [0.25, 0.3) is 0 Å². The molecule has 74 valence electrons. The Balaban J connectivity index is 0.000000226. The lowest BCUT2D eigenvalue weighted by Gasteiger charge is -1.92.